The zero-order valence-electron chi connectivity index (χ0n) is 19.3. The Bertz CT molecular complexity index is 311. The van der Waals surface area contributed by atoms with Crippen molar-refractivity contribution in [3.05, 3.63) is 12.2 Å². The molecule has 0 heterocycles. The third-order valence-electron chi connectivity index (χ3n) is 4.78. The lowest BCUT2D eigenvalue weighted by molar-refractivity contribution is -0.148. The van der Waals surface area contributed by atoms with E-state index in [4.69, 9.17) is 9.47 Å². The molecule has 0 unspecified atom stereocenters. The molecule has 0 atom stereocenters. The lowest BCUT2D eigenvalue weighted by atomic mass is 10.1. The van der Waals surface area contributed by atoms with Crippen LogP contribution in [-0.4, -0.2) is 45.7 Å². The second-order valence-electron chi connectivity index (χ2n) is 8.85. The van der Waals surface area contributed by atoms with Gasteiger partial charge in [-0.05, 0) is 51.4 Å². The van der Waals surface area contributed by atoms with Gasteiger partial charge in [0.05, 0.1) is 6.16 Å². The summed E-state index contributed by atoms with van der Waals surface area (Å²) < 4.78 is 12.0. The lowest BCUT2D eigenvalue weighted by Crippen LogP contribution is -2.19. The molecule has 0 saturated heterocycles. The second kappa shape index (κ2) is 19.4. The molecule has 0 rings (SSSR count). The molecule has 162 valence electrons. The molecule has 0 aliphatic carbocycles. The number of hydrogen-bond donors (Lipinski definition) is 0. The number of unbranched alkanes of at least 4 members (excludes halogenated alkanes) is 8. The molecule has 3 heteroatoms. The van der Waals surface area contributed by atoms with E-state index in [1.165, 1.54) is 70.4 Å². The maximum atomic E-state index is 5.99. The molecule has 0 amide bonds. The normalized spacial score (nSPS) is 12.5. The van der Waals surface area contributed by atoms with Crippen LogP contribution in [0.3, 0.4) is 0 Å². The molecule has 0 radical (unpaired) electrons. The maximum absolute atomic E-state index is 5.99. The summed E-state index contributed by atoms with van der Waals surface area (Å²) in [5, 5.41) is 0. The molecular formula is C24H50O2P+. The standard InChI is InChI=1S/C24H50O2P/c1-6-8-17-21-25-24(26-22-18-9-7-2)20-16-14-12-10-11-13-15-19-23-27(3,4)5/h11,13,24H,6-10,12,14-23H2,1-5H3/q+1/b13-11+. The largest absolute Gasteiger partial charge is 0.353 e. The van der Waals surface area contributed by atoms with Gasteiger partial charge in [-0.1, -0.05) is 58.1 Å². The molecule has 0 fully saturated rings. The summed E-state index contributed by atoms with van der Waals surface area (Å²) in [5.41, 5.74) is 0. The van der Waals surface area contributed by atoms with E-state index in [0.717, 1.165) is 32.5 Å². The van der Waals surface area contributed by atoms with Crippen molar-refractivity contribution >= 4 is 7.26 Å². The van der Waals surface area contributed by atoms with E-state index in [2.05, 4.69) is 46.0 Å². The minimum atomic E-state index is -0.578. The van der Waals surface area contributed by atoms with Gasteiger partial charge in [-0.25, -0.2) is 0 Å². The zero-order valence-corrected chi connectivity index (χ0v) is 20.2. The van der Waals surface area contributed by atoms with Crippen molar-refractivity contribution in [1.82, 2.24) is 0 Å². The first-order valence-corrected chi connectivity index (χ1v) is 15.0. The topological polar surface area (TPSA) is 18.5 Å². The summed E-state index contributed by atoms with van der Waals surface area (Å²) in [5.74, 6) is 0. The van der Waals surface area contributed by atoms with Crippen LogP contribution in [0.5, 0.6) is 0 Å². The van der Waals surface area contributed by atoms with Gasteiger partial charge < -0.3 is 9.47 Å². The van der Waals surface area contributed by atoms with Crippen molar-refractivity contribution in [2.24, 2.45) is 0 Å². The highest BCUT2D eigenvalue weighted by Crippen LogP contribution is 2.47. The van der Waals surface area contributed by atoms with Crippen LogP contribution < -0.4 is 0 Å². The van der Waals surface area contributed by atoms with Crippen molar-refractivity contribution in [3.63, 3.8) is 0 Å². The summed E-state index contributed by atoms with van der Waals surface area (Å²) in [7, 11) is -0.578. The quantitative estimate of drug-likeness (QED) is 0.0892. The fraction of sp³-hybridized carbons (Fsp3) is 0.917. The van der Waals surface area contributed by atoms with E-state index in [1.807, 2.05) is 0 Å². The van der Waals surface area contributed by atoms with E-state index in [0.29, 0.717) is 0 Å². The van der Waals surface area contributed by atoms with Crippen molar-refractivity contribution in [2.75, 3.05) is 39.4 Å². The molecule has 27 heavy (non-hydrogen) atoms. The summed E-state index contributed by atoms with van der Waals surface area (Å²) in [6.07, 6.45) is 22.3. The first-order valence-electron chi connectivity index (χ1n) is 11.7. The summed E-state index contributed by atoms with van der Waals surface area (Å²) in [4.78, 5) is 0. The summed E-state index contributed by atoms with van der Waals surface area (Å²) in [6, 6.07) is 0. The monoisotopic (exact) mass is 401 g/mol. The van der Waals surface area contributed by atoms with Crippen molar-refractivity contribution in [1.29, 1.82) is 0 Å². The zero-order chi connectivity index (χ0) is 20.2. The molecule has 2 nitrogen and oxygen atoms in total. The molecule has 0 aliphatic heterocycles. The van der Waals surface area contributed by atoms with E-state index >= 15 is 0 Å². The van der Waals surface area contributed by atoms with Crippen LogP contribution in [0.1, 0.15) is 97.3 Å². The van der Waals surface area contributed by atoms with Crippen molar-refractivity contribution in [2.45, 2.75) is 104 Å². The molecular weight excluding hydrogens is 351 g/mol. The third kappa shape index (κ3) is 22.2. The van der Waals surface area contributed by atoms with Gasteiger partial charge in [-0.2, -0.15) is 0 Å². The molecule has 0 aromatic heterocycles. The number of hydrogen-bond acceptors (Lipinski definition) is 2. The summed E-state index contributed by atoms with van der Waals surface area (Å²) in [6.45, 7) is 13.5. The van der Waals surface area contributed by atoms with Crippen LogP contribution in [0.4, 0.5) is 0 Å². The summed E-state index contributed by atoms with van der Waals surface area (Å²) >= 11 is 0. The Morgan fingerprint density at radius 1 is 0.667 bits per heavy atom. The molecule has 0 spiro atoms. The van der Waals surface area contributed by atoms with Gasteiger partial charge in [-0.15, -0.1) is 0 Å². The Balaban J connectivity index is 3.73. The van der Waals surface area contributed by atoms with E-state index in [9.17, 15) is 0 Å². The van der Waals surface area contributed by atoms with Gasteiger partial charge in [0, 0.05) is 40.5 Å². The van der Waals surface area contributed by atoms with Crippen LogP contribution >= 0.6 is 7.26 Å². The predicted molar refractivity (Wildman–Crippen MR) is 126 cm³/mol. The van der Waals surface area contributed by atoms with Gasteiger partial charge in [0.2, 0.25) is 0 Å². The molecule has 0 aliphatic rings. The molecule has 0 N–H and O–H groups in total. The van der Waals surface area contributed by atoms with Crippen molar-refractivity contribution in [3.8, 4) is 0 Å². The van der Waals surface area contributed by atoms with Gasteiger partial charge in [-0.3, -0.25) is 0 Å². The Kier molecular flexibility index (Phi) is 19.5. The number of ether oxygens (including phenoxy) is 2. The third-order valence-corrected chi connectivity index (χ3v) is 6.44. The molecule has 0 bridgehead atoms. The highest BCUT2D eigenvalue weighted by Gasteiger charge is 2.14. The van der Waals surface area contributed by atoms with Gasteiger partial charge in [0.15, 0.2) is 6.29 Å². The highest BCUT2D eigenvalue weighted by atomic mass is 31.2. The van der Waals surface area contributed by atoms with Crippen LogP contribution in [0.2, 0.25) is 0 Å². The maximum Gasteiger partial charge on any atom is 0.157 e. The lowest BCUT2D eigenvalue weighted by Gasteiger charge is -2.18. The van der Waals surface area contributed by atoms with Crippen LogP contribution in [0.25, 0.3) is 0 Å². The van der Waals surface area contributed by atoms with E-state index < -0.39 is 7.26 Å². The van der Waals surface area contributed by atoms with Crippen LogP contribution in [0.15, 0.2) is 12.2 Å². The molecule has 0 aromatic carbocycles. The minimum absolute atomic E-state index is 0.0231. The fourth-order valence-corrected chi connectivity index (χ4v) is 4.15. The van der Waals surface area contributed by atoms with Gasteiger partial charge >= 0.3 is 0 Å². The Morgan fingerprint density at radius 2 is 1.22 bits per heavy atom. The fourth-order valence-electron chi connectivity index (χ4n) is 3.02. The Labute approximate surface area is 172 Å². The highest BCUT2D eigenvalue weighted by molar-refractivity contribution is 7.73. The average molecular weight is 402 g/mol. The van der Waals surface area contributed by atoms with E-state index in [1.54, 1.807) is 0 Å². The Hall–Kier alpha value is 0.0900. The second-order valence-corrected chi connectivity index (χ2v) is 13.9. The van der Waals surface area contributed by atoms with Gasteiger partial charge in [0.1, 0.15) is 0 Å². The van der Waals surface area contributed by atoms with E-state index in [-0.39, 0.29) is 6.29 Å². The van der Waals surface area contributed by atoms with Gasteiger partial charge in [0.25, 0.3) is 0 Å². The molecule has 0 aromatic rings. The number of allylic oxidation sites excluding steroid dienone is 2. The average Bonchev–Trinajstić information content (AvgIpc) is 2.62. The molecule has 0 saturated carbocycles. The van der Waals surface area contributed by atoms with Crippen molar-refractivity contribution < 1.29 is 9.47 Å². The number of rotatable bonds is 20. The Morgan fingerprint density at radius 3 is 1.74 bits per heavy atom. The predicted octanol–water partition coefficient (Wildman–Crippen LogP) is 7.92. The minimum Gasteiger partial charge on any atom is -0.353 e. The first-order chi connectivity index (χ1) is 13.0. The smallest absolute Gasteiger partial charge is 0.157 e. The SMILES string of the molecule is CCCCCOC(CCCCC/C=C/CCC[P+](C)(C)C)OCCCCC. The van der Waals surface area contributed by atoms with Crippen LogP contribution in [0, 0.1) is 0 Å². The first kappa shape index (κ1) is 27.1. The van der Waals surface area contributed by atoms with Crippen LogP contribution in [-0.2, 0) is 9.47 Å².